The lowest BCUT2D eigenvalue weighted by Gasteiger charge is -2.23. The molecule has 1 N–H and O–H groups in total. The van der Waals surface area contributed by atoms with Gasteiger partial charge in [-0.1, -0.05) is 15.9 Å². The second kappa shape index (κ2) is 7.64. The van der Waals surface area contributed by atoms with Crippen molar-refractivity contribution in [2.24, 2.45) is 0 Å². The van der Waals surface area contributed by atoms with Gasteiger partial charge in [-0.15, -0.1) is 0 Å². The number of rotatable bonds is 4. The van der Waals surface area contributed by atoms with Gasteiger partial charge in [0.05, 0.1) is 13.2 Å². The number of hydrogen-bond donors (Lipinski definition) is 1. The van der Waals surface area contributed by atoms with Crippen LogP contribution in [0.1, 0.15) is 38.2 Å². The van der Waals surface area contributed by atoms with Crippen LogP contribution in [-0.4, -0.2) is 35.2 Å². The molecule has 0 aromatic heterocycles. The number of halogens is 1. The van der Waals surface area contributed by atoms with E-state index in [0.29, 0.717) is 13.2 Å². The topological polar surface area (TPSA) is 35.7 Å². The van der Waals surface area contributed by atoms with E-state index in [1.807, 2.05) is 31.2 Å². The Kier molecular flexibility index (Phi) is 5.24. The first-order valence-electron chi connectivity index (χ1n) is 9.74. The predicted molar refractivity (Wildman–Crippen MR) is 112 cm³/mol. The first-order chi connectivity index (χ1) is 13.1. The Hall–Kier alpha value is -1.85. The van der Waals surface area contributed by atoms with Crippen LogP contribution in [0.15, 0.2) is 53.0 Å². The standard InChI is InChI=1S/C22H26BrN2O2/c1-2-27-20-13-7-17(8-14-20)22(26)16-24(19-11-9-18(23)10-12-19)21-6-4-3-5-15-25(21)22/h7-14,26H,2-6,15-16H2,1H3/q+1/t22-/m0/s1. The summed E-state index contributed by atoms with van der Waals surface area (Å²) in [4.78, 5) is 2.29. The molecule has 4 rings (SSSR count). The van der Waals surface area contributed by atoms with Crippen molar-refractivity contribution in [2.75, 3.05) is 24.6 Å². The molecule has 1 atom stereocenters. The van der Waals surface area contributed by atoms with Crippen molar-refractivity contribution >= 4 is 27.5 Å². The van der Waals surface area contributed by atoms with E-state index < -0.39 is 5.72 Å². The van der Waals surface area contributed by atoms with Crippen LogP contribution in [0, 0.1) is 0 Å². The molecule has 0 saturated carbocycles. The maximum Gasteiger partial charge on any atom is 0.271 e. The van der Waals surface area contributed by atoms with Crippen LogP contribution in [-0.2, 0) is 5.72 Å². The molecule has 0 saturated heterocycles. The van der Waals surface area contributed by atoms with Crippen LogP contribution in [0.25, 0.3) is 0 Å². The molecule has 0 radical (unpaired) electrons. The number of benzene rings is 2. The fourth-order valence-corrected chi connectivity index (χ4v) is 4.43. The number of anilines is 1. The average Bonchev–Trinajstić information content (AvgIpc) is 2.84. The molecule has 5 heteroatoms. The first-order valence-corrected chi connectivity index (χ1v) is 10.5. The zero-order valence-electron chi connectivity index (χ0n) is 15.7. The highest BCUT2D eigenvalue weighted by atomic mass is 79.9. The SMILES string of the molecule is CCOc1ccc([C@@]2(O)CN(c3ccc(Br)cc3)C3=[N+]2CCCCC3)cc1. The summed E-state index contributed by atoms with van der Waals surface area (Å²) in [5.74, 6) is 2.07. The highest BCUT2D eigenvalue weighted by Crippen LogP contribution is 2.36. The number of β-amino-alcohol motifs (C(OH)–C–C–N with tert-alkyl or cyclic N) is 1. The highest BCUT2D eigenvalue weighted by molar-refractivity contribution is 9.10. The van der Waals surface area contributed by atoms with E-state index in [1.165, 1.54) is 12.3 Å². The summed E-state index contributed by atoms with van der Waals surface area (Å²) in [6, 6.07) is 16.3. The molecular weight excluding hydrogens is 404 g/mol. The van der Waals surface area contributed by atoms with Crippen molar-refractivity contribution in [2.45, 2.75) is 38.3 Å². The number of aliphatic hydroxyl groups is 1. The van der Waals surface area contributed by atoms with Gasteiger partial charge in [0, 0.05) is 16.5 Å². The lowest BCUT2D eigenvalue weighted by atomic mass is 10.0. The molecular formula is C22H26BrN2O2+. The van der Waals surface area contributed by atoms with Gasteiger partial charge < -0.3 is 9.84 Å². The molecule has 2 aliphatic rings. The number of ether oxygens (including phenoxy) is 1. The molecule has 0 spiro atoms. The molecule has 2 heterocycles. The predicted octanol–water partition coefficient (Wildman–Crippen LogP) is 4.50. The third-order valence-corrected chi connectivity index (χ3v) is 6.02. The van der Waals surface area contributed by atoms with E-state index in [1.54, 1.807) is 0 Å². The van der Waals surface area contributed by atoms with Crippen LogP contribution in [0.3, 0.4) is 0 Å². The van der Waals surface area contributed by atoms with E-state index in [9.17, 15) is 5.11 Å². The molecule has 0 bridgehead atoms. The zero-order chi connectivity index (χ0) is 18.9. The summed E-state index contributed by atoms with van der Waals surface area (Å²) in [5, 5.41) is 11.8. The fourth-order valence-electron chi connectivity index (χ4n) is 4.16. The quantitative estimate of drug-likeness (QED) is 0.726. The van der Waals surface area contributed by atoms with Crippen LogP contribution in [0.5, 0.6) is 5.75 Å². The average molecular weight is 430 g/mol. The summed E-state index contributed by atoms with van der Waals surface area (Å²) in [5.41, 5.74) is 1.03. The third-order valence-electron chi connectivity index (χ3n) is 5.50. The lowest BCUT2D eigenvalue weighted by Crippen LogP contribution is -2.41. The maximum absolute atomic E-state index is 11.8. The second-order valence-electron chi connectivity index (χ2n) is 7.22. The van der Waals surface area contributed by atoms with Crippen molar-refractivity contribution in [1.82, 2.24) is 0 Å². The summed E-state index contributed by atoms with van der Waals surface area (Å²) >= 11 is 3.52. The minimum Gasteiger partial charge on any atom is -0.494 e. The molecule has 0 unspecified atom stereocenters. The molecule has 2 aromatic carbocycles. The van der Waals surface area contributed by atoms with Gasteiger partial charge in [0.1, 0.15) is 11.4 Å². The summed E-state index contributed by atoms with van der Waals surface area (Å²) in [7, 11) is 0. The Morgan fingerprint density at radius 1 is 1.07 bits per heavy atom. The van der Waals surface area contributed by atoms with Gasteiger partial charge in [0.25, 0.3) is 11.6 Å². The second-order valence-corrected chi connectivity index (χ2v) is 8.13. The van der Waals surface area contributed by atoms with Gasteiger partial charge in [0.2, 0.25) is 0 Å². The highest BCUT2D eigenvalue weighted by Gasteiger charge is 2.51. The van der Waals surface area contributed by atoms with Crippen molar-refractivity contribution in [3.63, 3.8) is 0 Å². The molecule has 2 aliphatic heterocycles. The molecule has 0 fully saturated rings. The Bertz CT molecular complexity index is 832. The minimum atomic E-state index is -1.02. The molecule has 2 aromatic rings. The first kappa shape index (κ1) is 18.5. The van der Waals surface area contributed by atoms with Crippen molar-refractivity contribution in [3.8, 4) is 5.75 Å². The Morgan fingerprint density at radius 2 is 1.81 bits per heavy atom. The Labute approximate surface area is 169 Å². The van der Waals surface area contributed by atoms with Crippen LogP contribution in [0.4, 0.5) is 5.69 Å². The Balaban J connectivity index is 1.74. The lowest BCUT2D eigenvalue weighted by molar-refractivity contribution is -0.658. The number of nitrogens with zero attached hydrogens (tertiary/aromatic N) is 2. The smallest absolute Gasteiger partial charge is 0.271 e. The van der Waals surface area contributed by atoms with Gasteiger partial charge in [-0.25, -0.2) is 9.48 Å². The van der Waals surface area contributed by atoms with Gasteiger partial charge in [-0.05, 0) is 74.7 Å². The van der Waals surface area contributed by atoms with Crippen LogP contribution in [0.2, 0.25) is 0 Å². The van der Waals surface area contributed by atoms with Crippen molar-refractivity contribution in [1.29, 1.82) is 0 Å². The van der Waals surface area contributed by atoms with E-state index >= 15 is 0 Å². The number of hydrogen-bond acceptors (Lipinski definition) is 3. The monoisotopic (exact) mass is 429 g/mol. The maximum atomic E-state index is 11.8. The zero-order valence-corrected chi connectivity index (χ0v) is 17.3. The van der Waals surface area contributed by atoms with Gasteiger partial charge in [0.15, 0.2) is 6.54 Å². The molecule has 0 aliphatic carbocycles. The normalized spacial score (nSPS) is 22.6. The summed E-state index contributed by atoms with van der Waals surface area (Å²) < 4.78 is 8.85. The van der Waals surface area contributed by atoms with Gasteiger partial charge in [-0.2, -0.15) is 0 Å². The molecule has 0 amide bonds. The molecule has 4 nitrogen and oxygen atoms in total. The summed E-state index contributed by atoms with van der Waals surface area (Å²) in [6.07, 6.45) is 4.47. The molecule has 142 valence electrons. The van der Waals surface area contributed by atoms with Crippen LogP contribution < -0.4 is 9.64 Å². The van der Waals surface area contributed by atoms with Gasteiger partial charge >= 0.3 is 0 Å². The van der Waals surface area contributed by atoms with E-state index in [4.69, 9.17) is 4.74 Å². The van der Waals surface area contributed by atoms with E-state index in [-0.39, 0.29) is 0 Å². The minimum absolute atomic E-state index is 0.540. The summed E-state index contributed by atoms with van der Waals surface area (Å²) in [6.45, 7) is 4.04. The van der Waals surface area contributed by atoms with Gasteiger partial charge in [-0.3, -0.25) is 0 Å². The fraction of sp³-hybridized carbons (Fsp3) is 0.409. The molecule has 27 heavy (non-hydrogen) atoms. The van der Waals surface area contributed by atoms with Crippen molar-refractivity contribution < 1.29 is 14.4 Å². The Morgan fingerprint density at radius 3 is 2.52 bits per heavy atom. The number of amidine groups is 1. The van der Waals surface area contributed by atoms with E-state index in [0.717, 1.165) is 47.3 Å². The van der Waals surface area contributed by atoms with Crippen molar-refractivity contribution in [3.05, 3.63) is 58.6 Å². The van der Waals surface area contributed by atoms with Crippen LogP contribution >= 0.6 is 15.9 Å². The third kappa shape index (κ3) is 3.50. The largest absolute Gasteiger partial charge is 0.494 e. The van der Waals surface area contributed by atoms with E-state index in [2.05, 4.69) is 49.7 Å².